The van der Waals surface area contributed by atoms with E-state index < -0.39 is 0 Å². The molecule has 1 aromatic heterocycles. The monoisotopic (exact) mass is 341 g/mol. The van der Waals surface area contributed by atoms with E-state index in [9.17, 15) is 4.79 Å². The minimum Gasteiger partial charge on any atom is -0.372 e. The number of nitrogens with one attached hydrogen (secondary N) is 1. The van der Waals surface area contributed by atoms with Gasteiger partial charge in [-0.15, -0.1) is 12.4 Å². The molecule has 0 bridgehead atoms. The van der Waals surface area contributed by atoms with Crippen molar-refractivity contribution >= 4 is 18.3 Å². The van der Waals surface area contributed by atoms with Gasteiger partial charge >= 0.3 is 0 Å². The van der Waals surface area contributed by atoms with Crippen molar-refractivity contribution in [2.75, 3.05) is 26.3 Å². The first-order valence-corrected chi connectivity index (χ1v) is 8.29. The number of hydrogen-bond donors (Lipinski definition) is 1. The first-order chi connectivity index (χ1) is 10.8. The van der Waals surface area contributed by atoms with Gasteiger partial charge in [-0.3, -0.25) is 9.78 Å². The number of pyridine rings is 1. The molecule has 1 saturated heterocycles. The lowest BCUT2D eigenvalue weighted by molar-refractivity contribution is -0.139. The van der Waals surface area contributed by atoms with Gasteiger partial charge in [0.25, 0.3) is 0 Å². The molecule has 1 unspecified atom stereocenters. The Balaban J connectivity index is 0.00000264. The lowest BCUT2D eigenvalue weighted by atomic mass is 10.1. The highest BCUT2D eigenvalue weighted by atomic mass is 35.5. The summed E-state index contributed by atoms with van der Waals surface area (Å²) < 4.78 is 5.46. The predicted octanol–water partition coefficient (Wildman–Crippen LogP) is 2.40. The number of hydrogen-bond acceptors (Lipinski definition) is 4. The molecule has 1 aliphatic rings. The fourth-order valence-corrected chi connectivity index (χ4v) is 2.79. The van der Waals surface area contributed by atoms with Crippen LogP contribution in [0.15, 0.2) is 24.4 Å². The Labute approximate surface area is 145 Å². The van der Waals surface area contributed by atoms with E-state index in [2.05, 4.69) is 10.3 Å². The normalized spacial score (nSPS) is 17.9. The maximum atomic E-state index is 12.6. The molecular formula is C17H28ClN3O2. The van der Waals surface area contributed by atoms with E-state index >= 15 is 0 Å². The van der Waals surface area contributed by atoms with Crippen LogP contribution >= 0.6 is 12.4 Å². The Morgan fingerprint density at radius 3 is 3.00 bits per heavy atom. The number of amides is 1. The van der Waals surface area contributed by atoms with E-state index in [1.54, 1.807) is 6.20 Å². The van der Waals surface area contributed by atoms with Crippen LogP contribution in [-0.2, 0) is 16.1 Å². The van der Waals surface area contributed by atoms with Gasteiger partial charge in [-0.25, -0.2) is 0 Å². The van der Waals surface area contributed by atoms with E-state index in [1.807, 2.05) is 30.0 Å². The van der Waals surface area contributed by atoms with E-state index in [0.29, 0.717) is 13.2 Å². The van der Waals surface area contributed by atoms with Gasteiger partial charge in [-0.05, 0) is 50.9 Å². The fraction of sp³-hybridized carbons (Fsp3) is 0.647. The van der Waals surface area contributed by atoms with Crippen LogP contribution in [0.25, 0.3) is 0 Å². The summed E-state index contributed by atoms with van der Waals surface area (Å²) in [4.78, 5) is 18.9. The van der Waals surface area contributed by atoms with Crippen molar-refractivity contribution in [1.82, 2.24) is 15.2 Å². The van der Waals surface area contributed by atoms with E-state index in [0.717, 1.165) is 44.5 Å². The lowest BCUT2D eigenvalue weighted by Gasteiger charge is -2.31. The summed E-state index contributed by atoms with van der Waals surface area (Å²) in [6.07, 6.45) is 5.85. The molecule has 1 N–H and O–H groups in total. The molecule has 2 heterocycles. The second kappa shape index (κ2) is 11.4. The Kier molecular flexibility index (Phi) is 9.83. The molecule has 0 spiro atoms. The van der Waals surface area contributed by atoms with Crippen molar-refractivity contribution in [2.45, 2.75) is 45.2 Å². The third kappa shape index (κ3) is 6.85. The van der Waals surface area contributed by atoms with Crippen LogP contribution in [0.4, 0.5) is 0 Å². The minimum atomic E-state index is 0. The quantitative estimate of drug-likeness (QED) is 0.774. The highest BCUT2D eigenvalue weighted by molar-refractivity contribution is 5.85. The van der Waals surface area contributed by atoms with Crippen molar-refractivity contribution in [1.29, 1.82) is 0 Å². The number of carbonyl (C=O) groups excluding carboxylic acids is 1. The first kappa shape index (κ1) is 19.9. The van der Waals surface area contributed by atoms with Crippen LogP contribution in [0.3, 0.4) is 0 Å². The average Bonchev–Trinajstić information content (AvgIpc) is 2.83. The molecule has 2 rings (SSSR count). The molecule has 0 aliphatic carbocycles. The molecule has 5 nitrogen and oxygen atoms in total. The average molecular weight is 342 g/mol. The van der Waals surface area contributed by atoms with Gasteiger partial charge in [0.1, 0.15) is 6.61 Å². The van der Waals surface area contributed by atoms with Gasteiger partial charge in [0, 0.05) is 18.8 Å². The number of nitrogens with zero attached hydrogens (tertiary/aromatic N) is 2. The molecule has 23 heavy (non-hydrogen) atoms. The molecular weight excluding hydrogens is 314 g/mol. The van der Waals surface area contributed by atoms with Gasteiger partial charge in [0.2, 0.25) is 5.91 Å². The van der Waals surface area contributed by atoms with E-state index in [1.165, 1.54) is 0 Å². The molecule has 0 radical (unpaired) electrons. The van der Waals surface area contributed by atoms with Crippen molar-refractivity contribution in [2.24, 2.45) is 0 Å². The zero-order valence-electron chi connectivity index (χ0n) is 13.9. The number of halogens is 1. The Bertz CT molecular complexity index is 437. The number of aromatic nitrogens is 1. The molecule has 130 valence electrons. The number of ether oxygens (including phenoxy) is 1. The summed E-state index contributed by atoms with van der Waals surface area (Å²) in [5, 5.41) is 3.40. The van der Waals surface area contributed by atoms with Crippen LogP contribution in [0.5, 0.6) is 0 Å². The predicted molar refractivity (Wildman–Crippen MR) is 93.7 cm³/mol. The number of carbonyl (C=O) groups is 1. The molecule has 0 saturated carbocycles. The summed E-state index contributed by atoms with van der Waals surface area (Å²) in [5.41, 5.74) is 0.934. The van der Waals surface area contributed by atoms with E-state index in [4.69, 9.17) is 4.74 Å². The first-order valence-electron chi connectivity index (χ1n) is 8.29. The lowest BCUT2D eigenvalue weighted by Crippen LogP contribution is -2.42. The second-order valence-corrected chi connectivity index (χ2v) is 5.73. The van der Waals surface area contributed by atoms with Crippen LogP contribution < -0.4 is 5.32 Å². The van der Waals surface area contributed by atoms with Gasteiger partial charge in [0.15, 0.2) is 0 Å². The maximum absolute atomic E-state index is 12.6. The minimum absolute atomic E-state index is 0. The van der Waals surface area contributed by atoms with Crippen LogP contribution in [0.1, 0.15) is 38.3 Å². The standard InChI is InChI=1S/C17H27N3O2.ClH/c1-2-12-22-14-17(21)20(13-15-6-3-4-10-19-15)16-7-5-9-18-11-8-16;/h3-4,6,10,16,18H,2,5,7-9,11-14H2,1H3;1H. The van der Waals surface area contributed by atoms with Crippen LogP contribution in [-0.4, -0.2) is 48.1 Å². The molecule has 1 amide bonds. The van der Waals surface area contributed by atoms with Crippen molar-refractivity contribution < 1.29 is 9.53 Å². The molecule has 1 aromatic rings. The Morgan fingerprint density at radius 1 is 1.39 bits per heavy atom. The van der Waals surface area contributed by atoms with Crippen LogP contribution in [0.2, 0.25) is 0 Å². The zero-order valence-corrected chi connectivity index (χ0v) is 14.7. The smallest absolute Gasteiger partial charge is 0.249 e. The zero-order chi connectivity index (χ0) is 15.6. The van der Waals surface area contributed by atoms with E-state index in [-0.39, 0.29) is 31.0 Å². The SMILES string of the molecule is CCCOCC(=O)N(Cc1ccccn1)C1CCCNCC1.Cl. The van der Waals surface area contributed by atoms with Gasteiger partial charge in [-0.1, -0.05) is 13.0 Å². The largest absolute Gasteiger partial charge is 0.372 e. The third-order valence-corrected chi connectivity index (χ3v) is 3.94. The fourth-order valence-electron chi connectivity index (χ4n) is 2.79. The van der Waals surface area contributed by atoms with Gasteiger partial charge < -0.3 is 15.0 Å². The summed E-state index contributed by atoms with van der Waals surface area (Å²) in [5.74, 6) is 0.0750. The second-order valence-electron chi connectivity index (χ2n) is 5.73. The number of rotatable bonds is 7. The summed E-state index contributed by atoms with van der Waals surface area (Å²) in [7, 11) is 0. The molecule has 0 aromatic carbocycles. The Morgan fingerprint density at radius 2 is 2.26 bits per heavy atom. The highest BCUT2D eigenvalue weighted by Crippen LogP contribution is 2.16. The topological polar surface area (TPSA) is 54.5 Å². The van der Waals surface area contributed by atoms with Crippen LogP contribution in [0, 0.1) is 0 Å². The van der Waals surface area contributed by atoms with Crippen molar-refractivity contribution in [3.8, 4) is 0 Å². The summed E-state index contributed by atoms with van der Waals surface area (Å²) in [6.45, 7) is 5.42. The van der Waals surface area contributed by atoms with Crippen molar-refractivity contribution in [3.05, 3.63) is 30.1 Å². The molecule has 1 aliphatic heterocycles. The molecule has 6 heteroatoms. The molecule has 1 fully saturated rings. The third-order valence-electron chi connectivity index (χ3n) is 3.94. The van der Waals surface area contributed by atoms with Gasteiger partial charge in [-0.2, -0.15) is 0 Å². The van der Waals surface area contributed by atoms with Gasteiger partial charge in [0.05, 0.1) is 12.2 Å². The Hall–Kier alpha value is -1.17. The van der Waals surface area contributed by atoms with Crippen molar-refractivity contribution in [3.63, 3.8) is 0 Å². The summed E-state index contributed by atoms with van der Waals surface area (Å²) >= 11 is 0. The summed E-state index contributed by atoms with van der Waals surface area (Å²) in [6, 6.07) is 6.11. The highest BCUT2D eigenvalue weighted by Gasteiger charge is 2.25. The maximum Gasteiger partial charge on any atom is 0.249 e. The molecule has 1 atom stereocenters.